The van der Waals surface area contributed by atoms with Crippen LogP contribution in [-0.2, 0) is 16.8 Å². The topological polar surface area (TPSA) is 41.9 Å². The third-order valence-corrected chi connectivity index (χ3v) is 8.66. The van der Waals surface area contributed by atoms with Crippen LogP contribution in [0.4, 0.5) is 13.2 Å². The molecule has 0 unspecified atom stereocenters. The second-order valence-corrected chi connectivity index (χ2v) is 10.5. The average molecular weight is 510 g/mol. The Balaban J connectivity index is 1.39. The molecule has 4 nitrogen and oxygen atoms in total. The summed E-state index contributed by atoms with van der Waals surface area (Å²) < 4.78 is 49.6. The van der Waals surface area contributed by atoms with Crippen molar-refractivity contribution in [3.8, 4) is 11.5 Å². The molecule has 7 heteroatoms. The smallest absolute Gasteiger partial charge is 0.508 e. The molecule has 3 aromatic rings. The van der Waals surface area contributed by atoms with Crippen LogP contribution in [0.2, 0.25) is 0 Å². The molecule has 194 valence electrons. The van der Waals surface area contributed by atoms with E-state index in [1.165, 1.54) is 23.3 Å². The Kier molecular flexibility index (Phi) is 5.96. The molecule has 37 heavy (non-hydrogen) atoms. The maximum absolute atomic E-state index is 12.9. The first-order valence-corrected chi connectivity index (χ1v) is 12.9. The molecule has 6 rings (SSSR count). The molecular weight excluding hydrogens is 479 g/mol. The van der Waals surface area contributed by atoms with Gasteiger partial charge in [0.15, 0.2) is 0 Å². The summed E-state index contributed by atoms with van der Waals surface area (Å²) >= 11 is 0. The summed E-state index contributed by atoms with van der Waals surface area (Å²) in [6.45, 7) is 1.14. The minimum Gasteiger partial charge on any atom is -0.508 e. The number of fused-ring (bicyclic) bond motifs is 3. The van der Waals surface area contributed by atoms with Crippen molar-refractivity contribution in [3.05, 3.63) is 95.6 Å². The van der Waals surface area contributed by atoms with E-state index in [1.807, 2.05) is 12.1 Å². The maximum atomic E-state index is 12.9. The molecule has 3 fully saturated rings. The van der Waals surface area contributed by atoms with E-state index < -0.39 is 12.0 Å². The zero-order chi connectivity index (χ0) is 25.7. The van der Waals surface area contributed by atoms with E-state index in [9.17, 15) is 18.3 Å². The Labute approximate surface area is 214 Å². The van der Waals surface area contributed by atoms with Gasteiger partial charge < -0.3 is 14.6 Å². The number of alkyl halides is 3. The van der Waals surface area contributed by atoms with Crippen molar-refractivity contribution >= 4 is 0 Å². The van der Waals surface area contributed by atoms with Gasteiger partial charge in [-0.1, -0.05) is 60.7 Å². The average Bonchev–Trinajstić information content (AvgIpc) is 3.42. The van der Waals surface area contributed by atoms with Crippen LogP contribution in [0, 0.1) is 0 Å². The maximum Gasteiger partial charge on any atom is 0.573 e. The fourth-order valence-corrected chi connectivity index (χ4v) is 7.21. The molecule has 0 saturated carbocycles. The molecule has 0 amide bonds. The number of aromatic hydroxyl groups is 1. The summed E-state index contributed by atoms with van der Waals surface area (Å²) in [5.41, 5.74) is 2.02. The normalized spacial score (nSPS) is 29.6. The number of phenolic OH excluding ortho intramolecular Hbond substituents is 1. The van der Waals surface area contributed by atoms with Crippen LogP contribution in [0.25, 0.3) is 0 Å². The third kappa shape index (κ3) is 4.18. The van der Waals surface area contributed by atoms with Crippen molar-refractivity contribution in [2.75, 3.05) is 6.61 Å². The molecule has 1 spiro atoms. The van der Waals surface area contributed by atoms with Gasteiger partial charge in [-0.15, -0.1) is 13.2 Å². The Morgan fingerprint density at radius 2 is 1.65 bits per heavy atom. The van der Waals surface area contributed by atoms with Crippen LogP contribution < -0.4 is 4.74 Å². The minimum atomic E-state index is -4.79. The molecule has 0 aromatic heterocycles. The number of phenols is 1. The molecule has 3 aliphatic heterocycles. The molecule has 0 aliphatic carbocycles. The lowest BCUT2D eigenvalue weighted by Crippen LogP contribution is -2.63. The summed E-state index contributed by atoms with van der Waals surface area (Å²) in [6, 6.07) is 25.1. The number of hydrogen-bond acceptors (Lipinski definition) is 4. The highest BCUT2D eigenvalue weighted by molar-refractivity contribution is 5.44. The first-order chi connectivity index (χ1) is 17.8. The van der Waals surface area contributed by atoms with Gasteiger partial charge in [-0.3, -0.25) is 4.90 Å². The zero-order valence-corrected chi connectivity index (χ0v) is 20.5. The fraction of sp³-hybridized carbons (Fsp3) is 0.400. The number of benzene rings is 3. The van der Waals surface area contributed by atoms with Gasteiger partial charge in [-0.05, 0) is 61.4 Å². The standard InChI is InChI=1S/C30H30F3NO3/c31-30(32,33)37-25-11-12-27(35)26(17-25)22-18-28(36-20-22)15-13-24-14-16-29(28,23-9-5-2-6-10-23)34(24)19-21-7-3-1-4-8-21/h1-12,17,22,24,35H,13-16,18-20H2/t22-,24+,28-,29-/m1/s1. The Bertz CT molecular complexity index is 1250. The lowest BCUT2D eigenvalue weighted by Gasteiger charge is -2.56. The first kappa shape index (κ1) is 24.3. The van der Waals surface area contributed by atoms with Crippen LogP contribution in [0.15, 0.2) is 78.9 Å². The van der Waals surface area contributed by atoms with Crippen LogP contribution in [-0.4, -0.2) is 34.6 Å². The number of piperidine rings is 1. The second kappa shape index (κ2) is 9.07. The second-order valence-electron chi connectivity index (χ2n) is 10.5. The lowest BCUT2D eigenvalue weighted by molar-refractivity contribution is -0.274. The van der Waals surface area contributed by atoms with E-state index in [-0.39, 0.29) is 23.0 Å². The zero-order valence-electron chi connectivity index (χ0n) is 20.5. The molecule has 0 radical (unpaired) electrons. The van der Waals surface area contributed by atoms with E-state index in [0.717, 1.165) is 38.3 Å². The molecule has 3 aliphatic rings. The third-order valence-electron chi connectivity index (χ3n) is 8.66. The molecule has 3 heterocycles. The highest BCUT2D eigenvalue weighted by atomic mass is 19.4. The van der Waals surface area contributed by atoms with Crippen LogP contribution in [0.5, 0.6) is 11.5 Å². The number of halogens is 3. The predicted molar refractivity (Wildman–Crippen MR) is 133 cm³/mol. The van der Waals surface area contributed by atoms with Crippen LogP contribution in [0.1, 0.15) is 54.7 Å². The molecule has 2 bridgehead atoms. The van der Waals surface area contributed by atoms with Crippen molar-refractivity contribution in [2.45, 2.75) is 68.1 Å². The van der Waals surface area contributed by atoms with Gasteiger partial charge in [0.2, 0.25) is 0 Å². The van der Waals surface area contributed by atoms with Crippen LogP contribution >= 0.6 is 0 Å². The highest BCUT2D eigenvalue weighted by Crippen LogP contribution is 2.62. The van der Waals surface area contributed by atoms with Gasteiger partial charge in [0.05, 0.1) is 17.7 Å². The van der Waals surface area contributed by atoms with Crippen molar-refractivity contribution < 1.29 is 27.8 Å². The Morgan fingerprint density at radius 1 is 0.946 bits per heavy atom. The predicted octanol–water partition coefficient (Wildman–Crippen LogP) is 6.89. The Morgan fingerprint density at radius 3 is 2.38 bits per heavy atom. The van der Waals surface area contributed by atoms with Crippen LogP contribution in [0.3, 0.4) is 0 Å². The van der Waals surface area contributed by atoms with Gasteiger partial charge in [-0.25, -0.2) is 0 Å². The van der Waals surface area contributed by atoms with E-state index in [1.54, 1.807) is 0 Å². The number of nitrogens with zero attached hydrogens (tertiary/aromatic N) is 1. The van der Waals surface area contributed by atoms with E-state index >= 15 is 0 Å². The van der Waals surface area contributed by atoms with Gasteiger partial charge in [0.1, 0.15) is 11.5 Å². The fourth-order valence-electron chi connectivity index (χ4n) is 7.21. The molecule has 4 atom stereocenters. The van der Waals surface area contributed by atoms with Crippen molar-refractivity contribution in [2.24, 2.45) is 0 Å². The number of hydrogen-bond donors (Lipinski definition) is 1. The van der Waals surface area contributed by atoms with Gasteiger partial charge in [0.25, 0.3) is 0 Å². The summed E-state index contributed by atoms with van der Waals surface area (Å²) in [7, 11) is 0. The quantitative estimate of drug-likeness (QED) is 0.407. The van der Waals surface area contributed by atoms with Crippen molar-refractivity contribution in [1.29, 1.82) is 0 Å². The summed E-state index contributed by atoms with van der Waals surface area (Å²) in [4.78, 5) is 2.62. The van der Waals surface area contributed by atoms with Crippen molar-refractivity contribution in [1.82, 2.24) is 4.90 Å². The van der Waals surface area contributed by atoms with E-state index in [2.05, 4.69) is 58.2 Å². The summed E-state index contributed by atoms with van der Waals surface area (Å²) in [6.07, 6.45) is -0.296. The molecule has 3 aromatic carbocycles. The number of rotatable bonds is 5. The van der Waals surface area contributed by atoms with Gasteiger partial charge in [-0.2, -0.15) is 0 Å². The lowest BCUT2D eigenvalue weighted by atomic mass is 9.66. The van der Waals surface area contributed by atoms with Gasteiger partial charge >= 0.3 is 6.36 Å². The molecule has 3 saturated heterocycles. The summed E-state index contributed by atoms with van der Waals surface area (Å²) in [5, 5.41) is 10.6. The Hall–Kier alpha value is -3.03. The van der Waals surface area contributed by atoms with Crippen molar-refractivity contribution in [3.63, 3.8) is 0 Å². The monoisotopic (exact) mass is 509 g/mol. The molecular formula is C30H30F3NO3. The first-order valence-electron chi connectivity index (χ1n) is 12.9. The molecule has 1 N–H and O–H groups in total. The highest BCUT2D eigenvalue weighted by Gasteiger charge is 2.66. The summed E-state index contributed by atoms with van der Waals surface area (Å²) in [5.74, 6) is -0.599. The SMILES string of the molecule is Oc1ccc(OC(F)(F)F)cc1[C@H]1CO[C@]2(CC[C@H]3CC[C@]2(c2ccccc2)N3Cc2ccccc2)C1. The number of ether oxygens (including phenoxy) is 2. The van der Waals surface area contributed by atoms with E-state index in [4.69, 9.17) is 4.74 Å². The van der Waals surface area contributed by atoms with Gasteiger partial charge in [0, 0.05) is 24.1 Å². The minimum absolute atomic E-state index is 0.0322. The largest absolute Gasteiger partial charge is 0.573 e. The van der Waals surface area contributed by atoms with E-state index in [0.29, 0.717) is 24.6 Å².